The SMILES string of the molecule is O=C(/C=C/c1ccccc1OC(=O)c1ccc(Cl)cc1Cl)NNC(=O)c1ccc(NC(=O)c2ccco2)cc1. The van der Waals surface area contributed by atoms with Crippen molar-refractivity contribution in [3.8, 4) is 5.75 Å². The van der Waals surface area contributed by atoms with E-state index in [1.54, 1.807) is 30.3 Å². The molecular formula is C28H19Cl2N3O6. The van der Waals surface area contributed by atoms with Crippen LogP contribution in [0.2, 0.25) is 10.0 Å². The fraction of sp³-hybridized carbons (Fsp3) is 0. The largest absolute Gasteiger partial charge is 0.459 e. The lowest BCUT2D eigenvalue weighted by Gasteiger charge is -2.09. The molecule has 3 aromatic carbocycles. The molecule has 0 fully saturated rings. The number of hydrogen-bond donors (Lipinski definition) is 3. The zero-order chi connectivity index (χ0) is 27.8. The Labute approximate surface area is 232 Å². The Morgan fingerprint density at radius 2 is 1.59 bits per heavy atom. The van der Waals surface area contributed by atoms with E-state index in [0.717, 1.165) is 6.08 Å². The molecule has 1 aromatic heterocycles. The fourth-order valence-corrected chi connectivity index (χ4v) is 3.71. The third-order valence-electron chi connectivity index (χ3n) is 5.14. The molecule has 11 heteroatoms. The number of halogens is 2. The smallest absolute Gasteiger partial charge is 0.345 e. The molecule has 3 N–H and O–H groups in total. The molecule has 0 aliphatic rings. The van der Waals surface area contributed by atoms with Crippen molar-refractivity contribution in [3.05, 3.63) is 124 Å². The first-order valence-corrected chi connectivity index (χ1v) is 12.1. The van der Waals surface area contributed by atoms with E-state index in [0.29, 0.717) is 16.3 Å². The number of amides is 3. The van der Waals surface area contributed by atoms with Crippen LogP contribution in [-0.4, -0.2) is 23.7 Å². The fourth-order valence-electron chi connectivity index (χ4n) is 3.22. The highest BCUT2D eigenvalue weighted by Gasteiger charge is 2.15. The van der Waals surface area contributed by atoms with Crippen LogP contribution in [0.3, 0.4) is 0 Å². The van der Waals surface area contributed by atoms with Crippen LogP contribution >= 0.6 is 23.2 Å². The van der Waals surface area contributed by atoms with E-state index in [4.69, 9.17) is 32.4 Å². The van der Waals surface area contributed by atoms with Gasteiger partial charge in [0.25, 0.3) is 17.7 Å². The van der Waals surface area contributed by atoms with E-state index < -0.39 is 23.7 Å². The molecule has 0 aliphatic heterocycles. The summed E-state index contributed by atoms with van der Waals surface area (Å²) in [7, 11) is 0. The number of carbonyl (C=O) groups excluding carboxylic acids is 4. The van der Waals surface area contributed by atoms with Crippen molar-refractivity contribution >= 4 is 58.7 Å². The second-order valence-electron chi connectivity index (χ2n) is 7.84. The zero-order valence-corrected chi connectivity index (χ0v) is 21.5. The number of furan rings is 1. The van der Waals surface area contributed by atoms with Gasteiger partial charge in [-0.1, -0.05) is 41.4 Å². The van der Waals surface area contributed by atoms with Crippen LogP contribution in [0.5, 0.6) is 5.75 Å². The highest BCUT2D eigenvalue weighted by Crippen LogP contribution is 2.25. The number of anilines is 1. The van der Waals surface area contributed by atoms with Crippen LogP contribution in [0.4, 0.5) is 5.69 Å². The standard InChI is InChI=1S/C28H19Cl2N3O6/c29-19-10-13-21(22(30)16-19)28(37)39-23-5-2-1-4-17(23)9-14-25(34)32-33-26(35)18-7-11-20(12-8-18)31-27(36)24-6-3-15-38-24/h1-16H,(H,31,36)(H,32,34)(H,33,35)/b14-9+. The highest BCUT2D eigenvalue weighted by atomic mass is 35.5. The minimum atomic E-state index is -0.694. The van der Waals surface area contributed by atoms with Crippen LogP contribution in [-0.2, 0) is 4.79 Å². The molecule has 0 unspecified atom stereocenters. The van der Waals surface area contributed by atoms with E-state index in [9.17, 15) is 19.2 Å². The van der Waals surface area contributed by atoms with Gasteiger partial charge in [-0.2, -0.15) is 0 Å². The van der Waals surface area contributed by atoms with Gasteiger partial charge in [-0.25, -0.2) is 4.79 Å². The lowest BCUT2D eigenvalue weighted by atomic mass is 10.1. The van der Waals surface area contributed by atoms with Crippen molar-refractivity contribution in [2.75, 3.05) is 5.32 Å². The van der Waals surface area contributed by atoms with Crippen molar-refractivity contribution in [1.29, 1.82) is 0 Å². The molecule has 0 saturated heterocycles. The summed E-state index contributed by atoms with van der Waals surface area (Å²) >= 11 is 11.9. The Morgan fingerprint density at radius 1 is 0.821 bits per heavy atom. The molecule has 9 nitrogen and oxygen atoms in total. The van der Waals surface area contributed by atoms with Crippen molar-refractivity contribution < 1.29 is 28.3 Å². The van der Waals surface area contributed by atoms with Crippen LogP contribution in [0, 0.1) is 0 Å². The topological polar surface area (TPSA) is 127 Å². The lowest BCUT2D eigenvalue weighted by Crippen LogP contribution is -2.40. The third kappa shape index (κ3) is 7.35. The molecule has 0 radical (unpaired) electrons. The number of para-hydroxylation sites is 1. The minimum absolute atomic E-state index is 0.133. The van der Waals surface area contributed by atoms with Crippen molar-refractivity contribution in [1.82, 2.24) is 10.9 Å². The summed E-state index contributed by atoms with van der Waals surface area (Å²) in [4.78, 5) is 49.2. The first kappa shape index (κ1) is 27.2. The maximum atomic E-state index is 12.6. The van der Waals surface area contributed by atoms with Gasteiger partial charge < -0.3 is 14.5 Å². The number of hydrazine groups is 1. The molecule has 0 saturated carbocycles. The van der Waals surface area contributed by atoms with Gasteiger partial charge in [0.05, 0.1) is 16.8 Å². The highest BCUT2D eigenvalue weighted by molar-refractivity contribution is 6.36. The molecule has 0 spiro atoms. The third-order valence-corrected chi connectivity index (χ3v) is 5.68. The van der Waals surface area contributed by atoms with Crippen molar-refractivity contribution in [2.45, 2.75) is 0 Å². The summed E-state index contributed by atoms with van der Waals surface area (Å²) in [6.07, 6.45) is 3.97. The average Bonchev–Trinajstić information content (AvgIpc) is 3.47. The number of ether oxygens (including phenoxy) is 1. The normalized spacial score (nSPS) is 10.6. The summed E-state index contributed by atoms with van der Waals surface area (Å²) in [6, 6.07) is 20.1. The van der Waals surface area contributed by atoms with Crippen LogP contribution < -0.4 is 20.9 Å². The molecular weight excluding hydrogens is 545 g/mol. The second kappa shape index (κ2) is 12.6. The van der Waals surface area contributed by atoms with E-state index in [-0.39, 0.29) is 27.7 Å². The molecule has 0 aliphatic carbocycles. The van der Waals surface area contributed by atoms with Crippen molar-refractivity contribution in [3.63, 3.8) is 0 Å². The van der Waals surface area contributed by atoms with E-state index >= 15 is 0 Å². The van der Waals surface area contributed by atoms with Crippen LogP contribution in [0.15, 0.2) is 95.6 Å². The van der Waals surface area contributed by atoms with Gasteiger partial charge in [-0.05, 0) is 66.7 Å². The molecule has 1 heterocycles. The first-order chi connectivity index (χ1) is 18.8. The quantitative estimate of drug-likeness (QED) is 0.117. The lowest BCUT2D eigenvalue weighted by molar-refractivity contribution is -0.117. The Bertz CT molecular complexity index is 1550. The maximum Gasteiger partial charge on any atom is 0.345 e. The number of rotatable bonds is 7. The number of esters is 1. The van der Waals surface area contributed by atoms with Crippen LogP contribution in [0.25, 0.3) is 6.08 Å². The number of nitrogens with one attached hydrogen (secondary N) is 3. The molecule has 3 amide bonds. The number of carbonyl (C=O) groups is 4. The number of benzene rings is 3. The minimum Gasteiger partial charge on any atom is -0.459 e. The zero-order valence-electron chi connectivity index (χ0n) is 19.9. The van der Waals surface area contributed by atoms with E-state index in [1.165, 1.54) is 60.9 Å². The summed E-state index contributed by atoms with van der Waals surface area (Å²) in [6.45, 7) is 0. The Morgan fingerprint density at radius 3 is 2.31 bits per heavy atom. The second-order valence-corrected chi connectivity index (χ2v) is 8.68. The monoisotopic (exact) mass is 563 g/mol. The summed E-state index contributed by atoms with van der Waals surface area (Å²) < 4.78 is 10.5. The summed E-state index contributed by atoms with van der Waals surface area (Å²) in [5.41, 5.74) is 5.83. The molecule has 0 atom stereocenters. The van der Waals surface area contributed by atoms with E-state index in [1.807, 2.05) is 0 Å². The Balaban J connectivity index is 1.31. The van der Waals surface area contributed by atoms with E-state index in [2.05, 4.69) is 16.2 Å². The predicted octanol–water partition coefficient (Wildman–Crippen LogP) is 5.53. The van der Waals surface area contributed by atoms with Gasteiger partial charge in [0, 0.05) is 27.9 Å². The van der Waals surface area contributed by atoms with Gasteiger partial charge in [0.1, 0.15) is 5.75 Å². The summed E-state index contributed by atoms with van der Waals surface area (Å²) in [5, 5.41) is 3.16. The molecule has 39 heavy (non-hydrogen) atoms. The molecule has 4 aromatic rings. The first-order valence-electron chi connectivity index (χ1n) is 11.3. The van der Waals surface area contributed by atoms with Gasteiger partial charge in [-0.3, -0.25) is 25.2 Å². The predicted molar refractivity (Wildman–Crippen MR) is 146 cm³/mol. The van der Waals surface area contributed by atoms with Gasteiger partial charge in [0.15, 0.2) is 5.76 Å². The number of hydrogen-bond acceptors (Lipinski definition) is 6. The maximum absolute atomic E-state index is 12.6. The summed E-state index contributed by atoms with van der Waals surface area (Å²) in [5.74, 6) is -1.98. The molecule has 0 bridgehead atoms. The van der Waals surface area contributed by atoms with Crippen LogP contribution in [0.1, 0.15) is 36.8 Å². The van der Waals surface area contributed by atoms with Gasteiger partial charge in [-0.15, -0.1) is 0 Å². The van der Waals surface area contributed by atoms with Gasteiger partial charge >= 0.3 is 5.97 Å². The Hall–Kier alpha value is -4.86. The van der Waals surface area contributed by atoms with Crippen molar-refractivity contribution in [2.24, 2.45) is 0 Å². The Kier molecular flexibility index (Phi) is 8.78. The molecule has 196 valence electrons. The van der Waals surface area contributed by atoms with Gasteiger partial charge in [0.2, 0.25) is 0 Å². The molecule has 4 rings (SSSR count). The average molecular weight is 564 g/mol.